The summed E-state index contributed by atoms with van der Waals surface area (Å²) in [5.74, 6) is -0.292. The van der Waals surface area contributed by atoms with Gasteiger partial charge >= 0.3 is 0 Å². The highest BCUT2D eigenvalue weighted by molar-refractivity contribution is 6.00. The number of hydrogen-bond acceptors (Lipinski definition) is 1. The van der Waals surface area contributed by atoms with Gasteiger partial charge in [-0.05, 0) is 34.9 Å². The van der Waals surface area contributed by atoms with Gasteiger partial charge in [-0.25, -0.2) is 4.39 Å². The summed E-state index contributed by atoms with van der Waals surface area (Å²) in [6, 6.07) is 11.9. The fraction of sp³-hybridized carbons (Fsp3) is 0.0714. The van der Waals surface area contributed by atoms with Crippen LogP contribution in [0.15, 0.2) is 42.5 Å². The largest absolute Gasteiger partial charge is 0.348 e. The van der Waals surface area contributed by atoms with E-state index in [0.717, 1.165) is 16.7 Å². The van der Waals surface area contributed by atoms with Crippen LogP contribution in [0.25, 0.3) is 11.1 Å². The molecule has 2 nitrogen and oxygen atoms in total. The van der Waals surface area contributed by atoms with E-state index in [-0.39, 0.29) is 11.7 Å². The van der Waals surface area contributed by atoms with Crippen molar-refractivity contribution in [1.82, 2.24) is 5.32 Å². The Hall–Kier alpha value is -2.16. The van der Waals surface area contributed by atoms with Crippen LogP contribution in [-0.4, -0.2) is 5.91 Å². The maximum Gasteiger partial charge on any atom is 0.251 e. The minimum atomic E-state index is -0.254. The molecular formula is C14H10FNO. The summed E-state index contributed by atoms with van der Waals surface area (Å²) >= 11 is 0. The van der Waals surface area contributed by atoms with Crippen LogP contribution in [-0.2, 0) is 6.54 Å². The lowest BCUT2D eigenvalue weighted by atomic mass is 9.97. The molecule has 2 aromatic rings. The summed E-state index contributed by atoms with van der Waals surface area (Å²) in [4.78, 5) is 11.5. The average Bonchev–Trinajstić information content (AvgIpc) is 2.73. The van der Waals surface area contributed by atoms with Crippen molar-refractivity contribution in [2.75, 3.05) is 0 Å². The number of rotatable bonds is 1. The fourth-order valence-electron chi connectivity index (χ4n) is 2.15. The van der Waals surface area contributed by atoms with Gasteiger partial charge in [0.1, 0.15) is 5.82 Å². The molecule has 17 heavy (non-hydrogen) atoms. The van der Waals surface area contributed by atoms with E-state index in [1.165, 1.54) is 12.1 Å². The van der Waals surface area contributed by atoms with Crippen molar-refractivity contribution in [3.63, 3.8) is 0 Å². The molecule has 0 atom stereocenters. The average molecular weight is 227 g/mol. The predicted molar refractivity (Wildman–Crippen MR) is 63.0 cm³/mol. The van der Waals surface area contributed by atoms with Crippen molar-refractivity contribution in [3.8, 4) is 11.1 Å². The zero-order valence-corrected chi connectivity index (χ0v) is 9.03. The number of nitrogens with one attached hydrogen (secondary N) is 1. The van der Waals surface area contributed by atoms with Crippen molar-refractivity contribution < 1.29 is 9.18 Å². The Kier molecular flexibility index (Phi) is 2.18. The molecule has 3 heteroatoms. The molecule has 0 spiro atoms. The van der Waals surface area contributed by atoms with Crippen LogP contribution >= 0.6 is 0 Å². The second-order valence-corrected chi connectivity index (χ2v) is 4.02. The molecule has 1 amide bonds. The summed E-state index contributed by atoms with van der Waals surface area (Å²) in [7, 11) is 0. The second-order valence-electron chi connectivity index (χ2n) is 4.02. The monoisotopic (exact) mass is 227 g/mol. The van der Waals surface area contributed by atoms with Crippen molar-refractivity contribution in [1.29, 1.82) is 0 Å². The molecule has 1 aliphatic rings. The summed E-state index contributed by atoms with van der Waals surface area (Å²) in [5.41, 5.74) is 3.62. The third-order valence-electron chi connectivity index (χ3n) is 3.00. The van der Waals surface area contributed by atoms with Gasteiger partial charge in [0.2, 0.25) is 0 Å². The van der Waals surface area contributed by atoms with Gasteiger partial charge in [0.15, 0.2) is 0 Å². The van der Waals surface area contributed by atoms with Crippen LogP contribution in [0, 0.1) is 5.82 Å². The highest BCUT2D eigenvalue weighted by atomic mass is 19.1. The van der Waals surface area contributed by atoms with E-state index < -0.39 is 0 Å². The van der Waals surface area contributed by atoms with Crippen molar-refractivity contribution in [3.05, 3.63) is 59.4 Å². The highest BCUT2D eigenvalue weighted by Crippen LogP contribution is 2.29. The number of halogens is 1. The molecule has 0 saturated carbocycles. The van der Waals surface area contributed by atoms with Crippen LogP contribution in [0.3, 0.4) is 0 Å². The van der Waals surface area contributed by atoms with Crippen molar-refractivity contribution in [2.24, 2.45) is 0 Å². The SMILES string of the molecule is O=C1NCc2c1cccc2-c1ccc(F)cc1. The van der Waals surface area contributed by atoms with Gasteiger partial charge < -0.3 is 5.32 Å². The highest BCUT2D eigenvalue weighted by Gasteiger charge is 2.21. The van der Waals surface area contributed by atoms with E-state index in [2.05, 4.69) is 5.32 Å². The molecule has 0 aliphatic carbocycles. The Bertz CT molecular complexity index is 590. The Labute approximate surface area is 98.1 Å². The third kappa shape index (κ3) is 1.60. The molecule has 0 radical (unpaired) electrons. The van der Waals surface area contributed by atoms with Crippen LogP contribution < -0.4 is 5.32 Å². The van der Waals surface area contributed by atoms with Gasteiger partial charge in [-0.3, -0.25) is 4.79 Å². The van der Waals surface area contributed by atoms with E-state index in [1.54, 1.807) is 12.1 Å². The van der Waals surface area contributed by atoms with Gasteiger partial charge in [0, 0.05) is 12.1 Å². The maximum absolute atomic E-state index is 12.9. The standard InChI is InChI=1S/C14H10FNO/c15-10-6-4-9(5-7-10)11-2-1-3-12-13(11)8-16-14(12)17/h1-7H,8H2,(H,16,17). The molecular weight excluding hydrogens is 217 g/mol. The van der Waals surface area contributed by atoms with Gasteiger partial charge in [0.25, 0.3) is 5.91 Å². The van der Waals surface area contributed by atoms with Gasteiger partial charge in [-0.1, -0.05) is 24.3 Å². The summed E-state index contributed by atoms with van der Waals surface area (Å²) in [5, 5.41) is 2.79. The molecule has 3 rings (SSSR count). The van der Waals surface area contributed by atoms with Gasteiger partial charge in [-0.2, -0.15) is 0 Å². The number of amides is 1. The van der Waals surface area contributed by atoms with Crippen LogP contribution in [0.1, 0.15) is 15.9 Å². The smallest absolute Gasteiger partial charge is 0.251 e. The maximum atomic E-state index is 12.9. The molecule has 0 fully saturated rings. The molecule has 0 unspecified atom stereocenters. The number of carbonyl (C=O) groups excluding carboxylic acids is 1. The van der Waals surface area contributed by atoms with Crippen LogP contribution in [0.2, 0.25) is 0 Å². The van der Waals surface area contributed by atoms with Gasteiger partial charge in [-0.15, -0.1) is 0 Å². The molecule has 0 aromatic heterocycles. The first-order valence-corrected chi connectivity index (χ1v) is 5.42. The molecule has 0 saturated heterocycles. The molecule has 0 bridgehead atoms. The minimum absolute atomic E-state index is 0.0380. The zero-order chi connectivity index (χ0) is 11.8. The van der Waals surface area contributed by atoms with Crippen molar-refractivity contribution in [2.45, 2.75) is 6.54 Å². The summed E-state index contributed by atoms with van der Waals surface area (Å²) in [6.07, 6.45) is 0. The minimum Gasteiger partial charge on any atom is -0.348 e. The molecule has 1 aliphatic heterocycles. The van der Waals surface area contributed by atoms with Crippen molar-refractivity contribution >= 4 is 5.91 Å². The number of fused-ring (bicyclic) bond motifs is 1. The molecule has 1 heterocycles. The van der Waals surface area contributed by atoms with E-state index in [0.29, 0.717) is 12.1 Å². The normalized spacial score (nSPS) is 13.4. The molecule has 1 N–H and O–H groups in total. The Morgan fingerprint density at radius 2 is 1.71 bits per heavy atom. The topological polar surface area (TPSA) is 29.1 Å². The first kappa shape index (κ1) is 10.0. The third-order valence-corrected chi connectivity index (χ3v) is 3.00. The molecule has 2 aromatic carbocycles. The Morgan fingerprint density at radius 3 is 2.47 bits per heavy atom. The predicted octanol–water partition coefficient (Wildman–Crippen LogP) is 2.74. The van der Waals surface area contributed by atoms with E-state index >= 15 is 0 Å². The van der Waals surface area contributed by atoms with E-state index in [4.69, 9.17) is 0 Å². The fourth-order valence-corrected chi connectivity index (χ4v) is 2.15. The molecule has 84 valence electrons. The van der Waals surface area contributed by atoms with E-state index in [9.17, 15) is 9.18 Å². The second kappa shape index (κ2) is 3.70. The summed E-state index contributed by atoms with van der Waals surface area (Å²) < 4.78 is 12.9. The van der Waals surface area contributed by atoms with E-state index in [1.807, 2.05) is 18.2 Å². The lowest BCUT2D eigenvalue weighted by molar-refractivity contribution is 0.0966. The first-order chi connectivity index (χ1) is 8.25. The Balaban J connectivity index is 2.16. The number of hydrogen-bond donors (Lipinski definition) is 1. The first-order valence-electron chi connectivity index (χ1n) is 5.42. The van der Waals surface area contributed by atoms with Gasteiger partial charge in [0.05, 0.1) is 0 Å². The van der Waals surface area contributed by atoms with Crippen LogP contribution in [0.5, 0.6) is 0 Å². The van der Waals surface area contributed by atoms with Crippen LogP contribution in [0.4, 0.5) is 4.39 Å². The lowest BCUT2D eigenvalue weighted by Gasteiger charge is -2.06. The Morgan fingerprint density at radius 1 is 1.00 bits per heavy atom. The lowest BCUT2D eigenvalue weighted by Crippen LogP contribution is -2.12. The number of carbonyl (C=O) groups is 1. The zero-order valence-electron chi connectivity index (χ0n) is 9.03. The summed E-state index contributed by atoms with van der Waals surface area (Å²) in [6.45, 7) is 0.543. The quantitative estimate of drug-likeness (QED) is 0.797. The number of benzene rings is 2.